The van der Waals surface area contributed by atoms with Crippen LogP contribution < -0.4 is 15.1 Å². The highest BCUT2D eigenvalue weighted by Crippen LogP contribution is 2.35. The van der Waals surface area contributed by atoms with E-state index in [0.29, 0.717) is 38.0 Å². The molecule has 34 heavy (non-hydrogen) atoms. The average Bonchev–Trinajstić information content (AvgIpc) is 2.87. The molecule has 1 atom stereocenters. The van der Waals surface area contributed by atoms with Crippen molar-refractivity contribution in [3.63, 3.8) is 0 Å². The van der Waals surface area contributed by atoms with E-state index in [1.54, 1.807) is 17.0 Å². The lowest BCUT2D eigenvalue weighted by molar-refractivity contribution is -0.384. The van der Waals surface area contributed by atoms with E-state index in [4.69, 9.17) is 4.74 Å². The zero-order valence-corrected chi connectivity index (χ0v) is 19.0. The largest absolute Gasteiger partial charge is 0.444 e. The maximum absolute atomic E-state index is 12.5. The fourth-order valence-corrected chi connectivity index (χ4v) is 4.51. The molecule has 0 aromatic heterocycles. The first-order valence-corrected chi connectivity index (χ1v) is 11.4. The van der Waals surface area contributed by atoms with E-state index in [1.165, 1.54) is 6.07 Å². The number of cyclic esters (lactones) is 1. The normalized spacial score (nSPS) is 17.1. The number of rotatable bonds is 7. The average molecular weight is 469 g/mol. The number of fused-ring (bicyclic) bond motifs is 1. The van der Waals surface area contributed by atoms with Crippen LogP contribution in [0.15, 0.2) is 42.5 Å². The number of aliphatic hydroxyl groups excluding tert-OH is 1. The van der Waals surface area contributed by atoms with Crippen molar-refractivity contribution >= 4 is 29.1 Å². The first-order chi connectivity index (χ1) is 16.4. The summed E-state index contributed by atoms with van der Waals surface area (Å²) in [6, 6.07) is 11.6. The van der Waals surface area contributed by atoms with Gasteiger partial charge in [0.05, 0.1) is 23.3 Å². The molecule has 0 aliphatic carbocycles. The summed E-state index contributed by atoms with van der Waals surface area (Å²) in [6.07, 6.45) is 1.42. The zero-order valence-electron chi connectivity index (χ0n) is 19.0. The fraction of sp³-hybridized carbons (Fsp3) is 0.417. The summed E-state index contributed by atoms with van der Waals surface area (Å²) in [5.41, 5.74) is 2.28. The van der Waals surface area contributed by atoms with Crippen molar-refractivity contribution in [3.8, 4) is 0 Å². The number of nitrogens with zero attached hydrogens (tertiary/aromatic N) is 3. The van der Waals surface area contributed by atoms with Crippen LogP contribution in [0.3, 0.4) is 0 Å². The van der Waals surface area contributed by atoms with Gasteiger partial charge in [0.1, 0.15) is 12.3 Å². The highest BCUT2D eigenvalue weighted by atomic mass is 16.6. The molecule has 0 unspecified atom stereocenters. The Morgan fingerprint density at radius 1 is 1.24 bits per heavy atom. The Kier molecular flexibility index (Phi) is 6.97. The maximum Gasteiger partial charge on any atom is 0.414 e. The van der Waals surface area contributed by atoms with E-state index >= 15 is 0 Å². The SMILES string of the molecule is CC[C@@H](CO)NC(=O)c1ccc(N2CCC(N3C(=O)OCc4ccccc43)CC2)c([N+](=O)[O-])c1. The minimum absolute atomic E-state index is 0.0706. The lowest BCUT2D eigenvalue weighted by atomic mass is 9.99. The summed E-state index contributed by atoms with van der Waals surface area (Å²) in [6.45, 7) is 2.93. The summed E-state index contributed by atoms with van der Waals surface area (Å²) in [7, 11) is 0. The van der Waals surface area contributed by atoms with E-state index in [0.717, 1.165) is 11.3 Å². The molecule has 0 saturated carbocycles. The van der Waals surface area contributed by atoms with Crippen LogP contribution in [-0.2, 0) is 11.3 Å². The molecular formula is C24H28N4O6. The number of ether oxygens (including phenoxy) is 1. The van der Waals surface area contributed by atoms with Gasteiger partial charge in [0.2, 0.25) is 0 Å². The molecule has 2 aromatic carbocycles. The number of aliphatic hydroxyl groups is 1. The number of carbonyl (C=O) groups excluding carboxylic acids is 2. The summed E-state index contributed by atoms with van der Waals surface area (Å²) >= 11 is 0. The summed E-state index contributed by atoms with van der Waals surface area (Å²) in [4.78, 5) is 39.9. The Morgan fingerprint density at radius 2 is 1.97 bits per heavy atom. The van der Waals surface area contributed by atoms with E-state index in [9.17, 15) is 24.8 Å². The molecule has 4 rings (SSSR count). The van der Waals surface area contributed by atoms with Crippen molar-refractivity contribution in [2.75, 3.05) is 29.5 Å². The molecule has 1 fully saturated rings. The van der Waals surface area contributed by atoms with Crippen LogP contribution in [0.25, 0.3) is 0 Å². The number of carbonyl (C=O) groups is 2. The van der Waals surface area contributed by atoms with E-state index < -0.39 is 16.9 Å². The Hall–Kier alpha value is -3.66. The highest BCUT2D eigenvalue weighted by molar-refractivity contribution is 5.96. The quantitative estimate of drug-likeness (QED) is 0.472. The van der Waals surface area contributed by atoms with Gasteiger partial charge >= 0.3 is 6.09 Å². The predicted molar refractivity (Wildman–Crippen MR) is 126 cm³/mol. The number of hydrogen-bond acceptors (Lipinski definition) is 7. The smallest absolute Gasteiger partial charge is 0.414 e. The van der Waals surface area contributed by atoms with Gasteiger partial charge in [0.25, 0.3) is 11.6 Å². The molecule has 10 heteroatoms. The molecule has 2 aliphatic heterocycles. The van der Waals surface area contributed by atoms with Crippen LogP contribution in [0.5, 0.6) is 0 Å². The predicted octanol–water partition coefficient (Wildman–Crippen LogP) is 3.22. The molecule has 1 saturated heterocycles. The van der Waals surface area contributed by atoms with Gasteiger partial charge in [-0.15, -0.1) is 0 Å². The second-order valence-corrected chi connectivity index (χ2v) is 8.49. The first kappa shape index (κ1) is 23.5. The summed E-state index contributed by atoms with van der Waals surface area (Å²) in [5.74, 6) is -0.462. The van der Waals surface area contributed by atoms with Gasteiger partial charge in [0.15, 0.2) is 0 Å². The van der Waals surface area contributed by atoms with Crippen LogP contribution in [0.2, 0.25) is 0 Å². The van der Waals surface area contributed by atoms with Crippen LogP contribution in [0.1, 0.15) is 42.1 Å². The number of hydrogen-bond donors (Lipinski definition) is 2. The summed E-state index contributed by atoms with van der Waals surface area (Å²) in [5, 5.41) is 23.8. The lowest BCUT2D eigenvalue weighted by Gasteiger charge is -2.40. The third kappa shape index (κ3) is 4.67. The number of nitro groups is 1. The van der Waals surface area contributed by atoms with Gasteiger partial charge in [-0.05, 0) is 37.5 Å². The van der Waals surface area contributed by atoms with Gasteiger partial charge < -0.3 is 20.1 Å². The number of nitrogens with one attached hydrogen (secondary N) is 1. The van der Waals surface area contributed by atoms with Gasteiger partial charge in [-0.2, -0.15) is 0 Å². The van der Waals surface area contributed by atoms with Crippen molar-refractivity contribution in [2.45, 2.75) is 44.9 Å². The third-order valence-corrected chi connectivity index (χ3v) is 6.45. The third-order valence-electron chi connectivity index (χ3n) is 6.45. The van der Waals surface area contributed by atoms with E-state index in [-0.39, 0.29) is 36.6 Å². The van der Waals surface area contributed by atoms with Crippen LogP contribution in [0.4, 0.5) is 21.9 Å². The Balaban J connectivity index is 1.49. The molecule has 0 radical (unpaired) electrons. The molecule has 2 aromatic rings. The van der Waals surface area contributed by atoms with E-state index in [1.807, 2.05) is 36.1 Å². The van der Waals surface area contributed by atoms with Gasteiger partial charge in [-0.25, -0.2) is 4.79 Å². The first-order valence-electron chi connectivity index (χ1n) is 11.4. The number of para-hydroxylation sites is 1. The minimum Gasteiger partial charge on any atom is -0.444 e. The number of nitro benzene ring substituents is 1. The topological polar surface area (TPSA) is 125 Å². The minimum atomic E-state index is -0.486. The standard InChI is InChI=1S/C24H28N4O6/c1-2-18(14-29)25-23(30)16-7-8-21(22(13-16)28(32)33)26-11-9-19(10-12-26)27-20-6-4-3-5-17(20)15-34-24(27)31/h3-8,13,18-19,29H,2,9-12,14-15H2,1H3,(H,25,30)/t18-/m0/s1. The summed E-state index contributed by atoms with van der Waals surface area (Å²) < 4.78 is 5.34. The van der Waals surface area contributed by atoms with Crippen molar-refractivity contribution in [3.05, 3.63) is 63.7 Å². The highest BCUT2D eigenvalue weighted by Gasteiger charge is 2.35. The van der Waals surface area contributed by atoms with Crippen LogP contribution in [-0.4, -0.2) is 53.8 Å². The molecule has 180 valence electrons. The molecule has 2 heterocycles. The molecule has 10 nitrogen and oxygen atoms in total. The Labute approximate surface area is 197 Å². The van der Waals surface area contributed by atoms with Crippen molar-refractivity contribution < 1.29 is 24.4 Å². The number of amides is 2. The number of piperidine rings is 1. The van der Waals surface area contributed by atoms with Gasteiger partial charge in [-0.3, -0.25) is 19.8 Å². The van der Waals surface area contributed by atoms with Gasteiger partial charge in [-0.1, -0.05) is 25.1 Å². The molecule has 2 N–H and O–H groups in total. The molecule has 0 bridgehead atoms. The zero-order chi connectivity index (χ0) is 24.2. The van der Waals surface area contributed by atoms with Gasteiger partial charge in [0, 0.05) is 36.3 Å². The monoisotopic (exact) mass is 468 g/mol. The van der Waals surface area contributed by atoms with E-state index in [2.05, 4.69) is 5.32 Å². The maximum atomic E-state index is 12.5. The molecule has 0 spiro atoms. The van der Waals surface area contributed by atoms with Crippen molar-refractivity contribution in [1.29, 1.82) is 0 Å². The number of benzene rings is 2. The molecular weight excluding hydrogens is 440 g/mol. The van der Waals surface area contributed by atoms with Crippen molar-refractivity contribution in [1.82, 2.24) is 5.32 Å². The van der Waals surface area contributed by atoms with Crippen molar-refractivity contribution in [2.24, 2.45) is 0 Å². The molecule has 2 amide bonds. The van der Waals surface area contributed by atoms with Crippen LogP contribution >= 0.6 is 0 Å². The molecule has 2 aliphatic rings. The number of anilines is 2. The second-order valence-electron chi connectivity index (χ2n) is 8.49. The van der Waals surface area contributed by atoms with Crippen LogP contribution in [0, 0.1) is 10.1 Å². The fourth-order valence-electron chi connectivity index (χ4n) is 4.51. The lowest BCUT2D eigenvalue weighted by Crippen LogP contribution is -2.49. The Bertz CT molecular complexity index is 1080. The Morgan fingerprint density at radius 3 is 2.65 bits per heavy atom. The second kappa shape index (κ2) is 10.1.